The fraction of sp³-hybridized carbons (Fsp3) is 0.192. The number of anilines is 1. The van der Waals surface area contributed by atoms with Crippen molar-refractivity contribution in [2.24, 2.45) is 0 Å². The molecule has 1 aromatic heterocycles. The maximum Gasteiger partial charge on any atom is 0.295 e. The number of amides is 1. The Kier molecular flexibility index (Phi) is 6.69. The summed E-state index contributed by atoms with van der Waals surface area (Å²) >= 11 is 0. The maximum atomic E-state index is 12.9. The molecule has 7 heteroatoms. The summed E-state index contributed by atoms with van der Waals surface area (Å²) in [5.74, 6) is 1.78. The Morgan fingerprint density at radius 3 is 2.00 bits per heavy atom. The first-order chi connectivity index (χ1) is 16.1. The van der Waals surface area contributed by atoms with Crippen molar-refractivity contribution < 1.29 is 14.3 Å². The highest BCUT2D eigenvalue weighted by molar-refractivity contribution is 6.01. The molecule has 0 aliphatic heterocycles. The number of hydrogen-bond donors (Lipinski definition) is 1. The van der Waals surface area contributed by atoms with Crippen molar-refractivity contribution in [2.45, 2.75) is 20.8 Å². The van der Waals surface area contributed by atoms with Gasteiger partial charge in [0.15, 0.2) is 5.82 Å². The molecule has 0 spiro atoms. The van der Waals surface area contributed by atoms with Crippen LogP contribution >= 0.6 is 0 Å². The van der Waals surface area contributed by atoms with Crippen LogP contribution in [-0.2, 0) is 0 Å². The average Bonchev–Trinajstić information content (AvgIpc) is 3.27. The van der Waals surface area contributed by atoms with E-state index in [1.165, 1.54) is 0 Å². The first-order valence-electron chi connectivity index (χ1n) is 10.9. The van der Waals surface area contributed by atoms with Gasteiger partial charge in [0.2, 0.25) is 5.82 Å². The van der Waals surface area contributed by atoms with Crippen LogP contribution in [0.1, 0.15) is 30.0 Å². The standard InChI is InChI=1S/C26H26N4O3/c1-4-32-22-14-10-20(11-15-22)27-26(31)24-28-25(19-8-6-18(3)7-9-19)30(29-24)21-12-16-23(17-13-21)33-5-2/h6-17H,4-5H2,1-3H3,(H,27,31). The molecule has 0 aliphatic carbocycles. The van der Waals surface area contributed by atoms with Gasteiger partial charge in [-0.3, -0.25) is 4.79 Å². The van der Waals surface area contributed by atoms with E-state index in [-0.39, 0.29) is 5.82 Å². The van der Waals surface area contributed by atoms with Crippen molar-refractivity contribution in [3.8, 4) is 28.6 Å². The molecule has 4 rings (SSSR count). The third-order valence-corrected chi connectivity index (χ3v) is 4.94. The third-order valence-electron chi connectivity index (χ3n) is 4.94. The van der Waals surface area contributed by atoms with Crippen LogP contribution in [0.25, 0.3) is 17.1 Å². The minimum atomic E-state index is -0.391. The Bertz CT molecular complexity index is 1210. The van der Waals surface area contributed by atoms with Crippen molar-refractivity contribution >= 4 is 11.6 Å². The number of benzene rings is 3. The predicted octanol–water partition coefficient (Wildman–Crippen LogP) is 5.29. The lowest BCUT2D eigenvalue weighted by Crippen LogP contribution is -2.14. The summed E-state index contributed by atoms with van der Waals surface area (Å²) in [4.78, 5) is 17.5. The second-order valence-corrected chi connectivity index (χ2v) is 7.38. The zero-order valence-electron chi connectivity index (χ0n) is 18.9. The quantitative estimate of drug-likeness (QED) is 0.401. The van der Waals surface area contributed by atoms with Crippen LogP contribution in [0.4, 0.5) is 5.69 Å². The van der Waals surface area contributed by atoms with Gasteiger partial charge in [0.05, 0.1) is 18.9 Å². The van der Waals surface area contributed by atoms with E-state index in [0.717, 1.165) is 28.3 Å². The molecule has 3 aromatic carbocycles. The summed E-state index contributed by atoms with van der Waals surface area (Å²) < 4.78 is 12.7. The number of carbonyl (C=O) groups is 1. The molecule has 168 valence electrons. The van der Waals surface area contributed by atoms with Crippen LogP contribution in [0, 0.1) is 6.92 Å². The van der Waals surface area contributed by atoms with Gasteiger partial charge in [-0.1, -0.05) is 29.8 Å². The van der Waals surface area contributed by atoms with E-state index in [9.17, 15) is 4.79 Å². The highest BCUT2D eigenvalue weighted by atomic mass is 16.5. The number of hydrogen-bond acceptors (Lipinski definition) is 5. The number of ether oxygens (including phenoxy) is 2. The van der Waals surface area contributed by atoms with E-state index in [0.29, 0.717) is 24.7 Å². The van der Waals surface area contributed by atoms with E-state index in [1.54, 1.807) is 16.8 Å². The molecule has 0 radical (unpaired) electrons. The van der Waals surface area contributed by atoms with Gasteiger partial charge in [-0.15, -0.1) is 5.10 Å². The molecule has 1 N–H and O–H groups in total. The van der Waals surface area contributed by atoms with E-state index in [1.807, 2.05) is 81.4 Å². The Labute approximate surface area is 193 Å². The summed E-state index contributed by atoms with van der Waals surface area (Å²) in [6.45, 7) is 7.06. The van der Waals surface area contributed by atoms with E-state index < -0.39 is 5.91 Å². The number of aromatic nitrogens is 3. The van der Waals surface area contributed by atoms with Gasteiger partial charge in [0.25, 0.3) is 5.91 Å². The third kappa shape index (κ3) is 5.20. The van der Waals surface area contributed by atoms with Gasteiger partial charge in [-0.05, 0) is 69.3 Å². The highest BCUT2D eigenvalue weighted by Gasteiger charge is 2.19. The lowest BCUT2D eigenvalue weighted by atomic mass is 10.1. The number of rotatable bonds is 8. The minimum Gasteiger partial charge on any atom is -0.494 e. The molecule has 0 saturated heterocycles. The molecule has 0 fully saturated rings. The number of nitrogens with one attached hydrogen (secondary N) is 1. The van der Waals surface area contributed by atoms with Crippen LogP contribution in [-0.4, -0.2) is 33.9 Å². The average molecular weight is 443 g/mol. The fourth-order valence-corrected chi connectivity index (χ4v) is 3.32. The lowest BCUT2D eigenvalue weighted by molar-refractivity contribution is 0.101. The smallest absolute Gasteiger partial charge is 0.295 e. The largest absolute Gasteiger partial charge is 0.494 e. The zero-order chi connectivity index (χ0) is 23.2. The maximum absolute atomic E-state index is 12.9. The van der Waals surface area contributed by atoms with Crippen LogP contribution in [0.5, 0.6) is 11.5 Å². The van der Waals surface area contributed by atoms with Crippen LogP contribution < -0.4 is 14.8 Å². The Morgan fingerprint density at radius 2 is 1.42 bits per heavy atom. The molecule has 0 atom stereocenters. The van der Waals surface area contributed by atoms with Crippen molar-refractivity contribution in [3.05, 3.63) is 84.2 Å². The van der Waals surface area contributed by atoms with Gasteiger partial charge in [-0.2, -0.15) is 0 Å². The van der Waals surface area contributed by atoms with Crippen molar-refractivity contribution in [1.29, 1.82) is 0 Å². The molecular weight excluding hydrogens is 416 g/mol. The van der Waals surface area contributed by atoms with Gasteiger partial charge >= 0.3 is 0 Å². The molecule has 0 bridgehead atoms. The number of aryl methyl sites for hydroxylation is 1. The van der Waals surface area contributed by atoms with Crippen molar-refractivity contribution in [3.63, 3.8) is 0 Å². The predicted molar refractivity (Wildman–Crippen MR) is 128 cm³/mol. The summed E-state index contributed by atoms with van der Waals surface area (Å²) in [5, 5.41) is 7.38. The molecule has 4 aromatic rings. The topological polar surface area (TPSA) is 78.3 Å². The Balaban J connectivity index is 1.66. The summed E-state index contributed by atoms with van der Waals surface area (Å²) in [6, 6.07) is 22.7. The van der Waals surface area contributed by atoms with Gasteiger partial charge < -0.3 is 14.8 Å². The minimum absolute atomic E-state index is 0.0772. The monoisotopic (exact) mass is 442 g/mol. The van der Waals surface area contributed by atoms with Crippen LogP contribution in [0.3, 0.4) is 0 Å². The zero-order valence-corrected chi connectivity index (χ0v) is 18.9. The van der Waals surface area contributed by atoms with Gasteiger partial charge in [-0.25, -0.2) is 9.67 Å². The molecule has 7 nitrogen and oxygen atoms in total. The Morgan fingerprint density at radius 1 is 0.848 bits per heavy atom. The molecule has 1 amide bonds. The normalized spacial score (nSPS) is 10.6. The van der Waals surface area contributed by atoms with Gasteiger partial charge in [0.1, 0.15) is 11.5 Å². The lowest BCUT2D eigenvalue weighted by Gasteiger charge is -2.08. The fourth-order valence-electron chi connectivity index (χ4n) is 3.32. The SMILES string of the molecule is CCOc1ccc(NC(=O)c2nc(-c3ccc(C)cc3)n(-c3ccc(OCC)cc3)n2)cc1. The summed E-state index contributed by atoms with van der Waals surface area (Å²) in [7, 11) is 0. The summed E-state index contributed by atoms with van der Waals surface area (Å²) in [6.07, 6.45) is 0. The molecule has 33 heavy (non-hydrogen) atoms. The van der Waals surface area contributed by atoms with Crippen molar-refractivity contribution in [1.82, 2.24) is 14.8 Å². The highest BCUT2D eigenvalue weighted by Crippen LogP contribution is 2.24. The molecule has 0 saturated carbocycles. The summed E-state index contributed by atoms with van der Waals surface area (Å²) in [5.41, 5.74) is 3.42. The van der Waals surface area contributed by atoms with E-state index >= 15 is 0 Å². The van der Waals surface area contributed by atoms with E-state index in [4.69, 9.17) is 9.47 Å². The second kappa shape index (κ2) is 9.99. The first kappa shape index (κ1) is 22.1. The van der Waals surface area contributed by atoms with E-state index in [2.05, 4.69) is 15.4 Å². The first-order valence-corrected chi connectivity index (χ1v) is 10.9. The number of carbonyl (C=O) groups excluding carboxylic acids is 1. The van der Waals surface area contributed by atoms with Crippen molar-refractivity contribution in [2.75, 3.05) is 18.5 Å². The number of nitrogens with zero attached hydrogens (tertiary/aromatic N) is 3. The second-order valence-electron chi connectivity index (χ2n) is 7.38. The Hall–Kier alpha value is -4.13. The van der Waals surface area contributed by atoms with Gasteiger partial charge in [0, 0.05) is 11.3 Å². The molecule has 1 heterocycles. The van der Waals surface area contributed by atoms with Crippen LogP contribution in [0.2, 0.25) is 0 Å². The molecular formula is C26H26N4O3. The van der Waals surface area contributed by atoms with Crippen LogP contribution in [0.15, 0.2) is 72.8 Å². The molecule has 0 unspecified atom stereocenters. The molecule has 0 aliphatic rings.